The number of carbonyl (C=O) groups is 1. The highest BCUT2D eigenvalue weighted by Crippen LogP contribution is 2.26. The van der Waals surface area contributed by atoms with Crippen LogP contribution in [0.15, 0.2) is 12.4 Å². The van der Waals surface area contributed by atoms with Gasteiger partial charge in [-0.25, -0.2) is 9.97 Å². The number of nitrogens with zero attached hydrogens (tertiary/aromatic N) is 2. The molecule has 1 fully saturated rings. The lowest BCUT2D eigenvalue weighted by molar-refractivity contribution is -0.136. The molecule has 98 valence electrons. The molecule has 1 aliphatic rings. The van der Waals surface area contributed by atoms with E-state index < -0.39 is 5.97 Å². The fourth-order valence-electron chi connectivity index (χ4n) is 1.79. The van der Waals surface area contributed by atoms with Crippen LogP contribution in [0, 0.1) is 5.92 Å². The van der Waals surface area contributed by atoms with Gasteiger partial charge in [-0.05, 0) is 18.8 Å². The number of aliphatic carboxylic acids is 1. The lowest BCUT2D eigenvalue weighted by Crippen LogP contribution is -2.21. The quantitative estimate of drug-likeness (QED) is 0.681. The predicted molar refractivity (Wildman–Crippen MR) is 68.6 cm³/mol. The van der Waals surface area contributed by atoms with Crippen LogP contribution in [0.3, 0.4) is 0 Å². The van der Waals surface area contributed by atoms with Crippen LogP contribution in [0.5, 0.6) is 0 Å². The maximum absolute atomic E-state index is 10.4. The van der Waals surface area contributed by atoms with Crippen molar-refractivity contribution in [2.24, 2.45) is 5.92 Å². The first-order chi connectivity index (χ1) is 8.74. The molecular formula is C12H18N4O2. The summed E-state index contributed by atoms with van der Waals surface area (Å²) in [6.07, 6.45) is 5.47. The molecule has 1 aliphatic carbocycles. The smallest absolute Gasteiger partial charge is 0.305 e. The Morgan fingerprint density at radius 2 is 2.06 bits per heavy atom. The zero-order valence-corrected chi connectivity index (χ0v) is 10.2. The molecular weight excluding hydrogens is 232 g/mol. The van der Waals surface area contributed by atoms with Gasteiger partial charge in [-0.3, -0.25) is 4.79 Å². The Morgan fingerprint density at radius 1 is 1.33 bits per heavy atom. The first kappa shape index (κ1) is 12.6. The van der Waals surface area contributed by atoms with Crippen molar-refractivity contribution in [1.82, 2.24) is 9.97 Å². The Kier molecular flexibility index (Phi) is 4.33. The van der Waals surface area contributed by atoms with Crippen molar-refractivity contribution >= 4 is 17.6 Å². The van der Waals surface area contributed by atoms with Crippen LogP contribution in [-0.2, 0) is 4.79 Å². The van der Waals surface area contributed by atoms with E-state index in [0.29, 0.717) is 12.4 Å². The topological polar surface area (TPSA) is 87.1 Å². The molecule has 0 bridgehead atoms. The van der Waals surface area contributed by atoms with E-state index >= 15 is 0 Å². The molecule has 6 heteroatoms. The van der Waals surface area contributed by atoms with Crippen LogP contribution < -0.4 is 10.6 Å². The molecule has 1 saturated carbocycles. The highest BCUT2D eigenvalue weighted by atomic mass is 16.4. The van der Waals surface area contributed by atoms with Gasteiger partial charge in [0.15, 0.2) is 0 Å². The van der Waals surface area contributed by atoms with Gasteiger partial charge in [-0.15, -0.1) is 0 Å². The molecule has 0 spiro atoms. The van der Waals surface area contributed by atoms with Crippen LogP contribution in [-0.4, -0.2) is 34.1 Å². The van der Waals surface area contributed by atoms with E-state index in [1.165, 1.54) is 25.6 Å². The summed E-state index contributed by atoms with van der Waals surface area (Å²) >= 11 is 0. The van der Waals surface area contributed by atoms with E-state index in [9.17, 15) is 4.79 Å². The standard InChI is InChI=1S/C12H18N4O2/c17-12(18)4-5-13-10-6-11(16-8-15-10)14-7-9-2-1-3-9/h6,8-9H,1-5,7H2,(H,17,18)(H2,13,14,15,16). The van der Waals surface area contributed by atoms with Crippen molar-refractivity contribution in [3.8, 4) is 0 Å². The van der Waals surface area contributed by atoms with Crippen LogP contribution in [0.2, 0.25) is 0 Å². The number of anilines is 2. The second-order valence-corrected chi connectivity index (χ2v) is 4.54. The largest absolute Gasteiger partial charge is 0.481 e. The molecule has 0 radical (unpaired) electrons. The highest BCUT2D eigenvalue weighted by molar-refractivity contribution is 5.67. The van der Waals surface area contributed by atoms with E-state index in [4.69, 9.17) is 5.11 Å². The molecule has 0 aromatic carbocycles. The summed E-state index contributed by atoms with van der Waals surface area (Å²) in [5, 5.41) is 14.8. The molecule has 0 unspecified atom stereocenters. The van der Waals surface area contributed by atoms with Crippen LogP contribution >= 0.6 is 0 Å². The maximum Gasteiger partial charge on any atom is 0.305 e. The van der Waals surface area contributed by atoms with Crippen molar-refractivity contribution in [3.05, 3.63) is 12.4 Å². The molecule has 0 amide bonds. The second-order valence-electron chi connectivity index (χ2n) is 4.54. The molecule has 3 N–H and O–H groups in total. The minimum absolute atomic E-state index is 0.0782. The predicted octanol–water partition coefficient (Wildman–Crippen LogP) is 1.58. The number of carboxylic acid groups (broad SMARTS) is 1. The Hall–Kier alpha value is -1.85. The lowest BCUT2D eigenvalue weighted by atomic mass is 9.85. The van der Waals surface area contributed by atoms with E-state index in [-0.39, 0.29) is 6.42 Å². The summed E-state index contributed by atoms with van der Waals surface area (Å²) in [6.45, 7) is 1.32. The van der Waals surface area contributed by atoms with E-state index in [1.54, 1.807) is 6.07 Å². The normalized spacial score (nSPS) is 14.9. The van der Waals surface area contributed by atoms with Gasteiger partial charge >= 0.3 is 5.97 Å². The van der Waals surface area contributed by atoms with E-state index in [1.807, 2.05) is 0 Å². The number of hydrogen-bond acceptors (Lipinski definition) is 5. The first-order valence-corrected chi connectivity index (χ1v) is 6.25. The number of rotatable bonds is 7. The van der Waals surface area contributed by atoms with Gasteiger partial charge in [0.05, 0.1) is 6.42 Å². The Bertz CT molecular complexity index is 407. The van der Waals surface area contributed by atoms with Crippen molar-refractivity contribution in [2.75, 3.05) is 23.7 Å². The number of aromatic nitrogens is 2. The minimum Gasteiger partial charge on any atom is -0.481 e. The number of hydrogen-bond donors (Lipinski definition) is 3. The van der Waals surface area contributed by atoms with Crippen LogP contribution in [0.4, 0.5) is 11.6 Å². The van der Waals surface area contributed by atoms with Gasteiger partial charge in [0.1, 0.15) is 18.0 Å². The van der Waals surface area contributed by atoms with Crippen LogP contribution in [0.25, 0.3) is 0 Å². The van der Waals surface area contributed by atoms with Gasteiger partial charge in [0, 0.05) is 19.2 Å². The summed E-state index contributed by atoms with van der Waals surface area (Å²) < 4.78 is 0. The van der Waals surface area contributed by atoms with Gasteiger partial charge in [0.25, 0.3) is 0 Å². The van der Waals surface area contributed by atoms with Crippen LogP contribution in [0.1, 0.15) is 25.7 Å². The third kappa shape index (κ3) is 3.87. The molecule has 2 rings (SSSR count). The second kappa shape index (κ2) is 6.18. The highest BCUT2D eigenvalue weighted by Gasteiger charge is 2.16. The third-order valence-electron chi connectivity index (χ3n) is 3.11. The fourth-order valence-corrected chi connectivity index (χ4v) is 1.79. The third-order valence-corrected chi connectivity index (χ3v) is 3.11. The molecule has 6 nitrogen and oxygen atoms in total. The number of carboxylic acids is 1. The minimum atomic E-state index is -0.820. The van der Waals surface area contributed by atoms with Crippen molar-refractivity contribution < 1.29 is 9.90 Å². The fraction of sp³-hybridized carbons (Fsp3) is 0.583. The van der Waals surface area contributed by atoms with Gasteiger partial charge in [0.2, 0.25) is 0 Å². The Balaban J connectivity index is 1.78. The van der Waals surface area contributed by atoms with E-state index in [0.717, 1.165) is 18.3 Å². The summed E-state index contributed by atoms with van der Waals surface area (Å²) in [5.74, 6) is 1.39. The van der Waals surface area contributed by atoms with Crippen molar-refractivity contribution in [2.45, 2.75) is 25.7 Å². The Morgan fingerprint density at radius 3 is 2.67 bits per heavy atom. The first-order valence-electron chi connectivity index (χ1n) is 6.25. The van der Waals surface area contributed by atoms with Crippen molar-refractivity contribution in [3.63, 3.8) is 0 Å². The average Bonchev–Trinajstić information content (AvgIpc) is 2.27. The molecule has 18 heavy (non-hydrogen) atoms. The SMILES string of the molecule is O=C(O)CCNc1cc(NCC2CCC2)ncn1. The van der Waals surface area contributed by atoms with Crippen molar-refractivity contribution in [1.29, 1.82) is 0 Å². The molecule has 0 saturated heterocycles. The summed E-state index contributed by atoms with van der Waals surface area (Å²) in [6, 6.07) is 1.81. The van der Waals surface area contributed by atoms with E-state index in [2.05, 4.69) is 20.6 Å². The zero-order valence-electron chi connectivity index (χ0n) is 10.2. The lowest BCUT2D eigenvalue weighted by Gasteiger charge is -2.25. The molecule has 0 atom stereocenters. The number of nitrogens with one attached hydrogen (secondary N) is 2. The summed E-state index contributed by atoms with van der Waals surface area (Å²) in [4.78, 5) is 18.6. The zero-order chi connectivity index (χ0) is 12.8. The van der Waals surface area contributed by atoms with Gasteiger partial charge < -0.3 is 15.7 Å². The Labute approximate surface area is 106 Å². The molecule has 1 aromatic heterocycles. The maximum atomic E-state index is 10.4. The summed E-state index contributed by atoms with van der Waals surface area (Å²) in [5.41, 5.74) is 0. The average molecular weight is 250 g/mol. The van der Waals surface area contributed by atoms with Gasteiger partial charge in [-0.1, -0.05) is 6.42 Å². The van der Waals surface area contributed by atoms with Gasteiger partial charge in [-0.2, -0.15) is 0 Å². The summed E-state index contributed by atoms with van der Waals surface area (Å²) in [7, 11) is 0. The monoisotopic (exact) mass is 250 g/mol. The molecule has 0 aliphatic heterocycles. The molecule has 1 aromatic rings. The molecule has 1 heterocycles.